The van der Waals surface area contributed by atoms with Crippen LogP contribution in [0.15, 0.2) is 99.1 Å². The van der Waals surface area contributed by atoms with Gasteiger partial charge in [0, 0.05) is 68.2 Å². The average molecular weight is 1690 g/mol. The second-order valence-corrected chi connectivity index (χ2v) is 29.3. The molecule has 13 rings (SSSR count). The Kier molecular flexibility index (Phi) is 31.4. The zero-order valence-electron chi connectivity index (χ0n) is 63.4. The summed E-state index contributed by atoms with van der Waals surface area (Å²) in [6, 6.07) is 10.3. The van der Waals surface area contributed by atoms with E-state index in [-0.39, 0.29) is 119 Å². The molecule has 0 spiro atoms. The van der Waals surface area contributed by atoms with Gasteiger partial charge in [-0.15, -0.1) is 0 Å². The molecule has 0 saturated heterocycles. The van der Waals surface area contributed by atoms with Gasteiger partial charge >= 0.3 is 0 Å². The third-order valence-corrected chi connectivity index (χ3v) is 22.0. The van der Waals surface area contributed by atoms with Crippen molar-refractivity contribution in [1.29, 1.82) is 0 Å². The number of nitrogens with zero attached hydrogens (tertiary/aromatic N) is 8. The molecule has 5 aliphatic rings. The van der Waals surface area contributed by atoms with Gasteiger partial charge in [0.05, 0.1) is 48.4 Å². The fraction of sp³-hybridized carbons (Fsp3) is 0.571. The minimum atomic E-state index is -0.148. The van der Waals surface area contributed by atoms with E-state index in [2.05, 4.69) is 191 Å². The normalized spacial score (nSPS) is 16.3. The lowest BCUT2D eigenvalue weighted by Gasteiger charge is -2.37. The lowest BCUT2D eigenvalue weighted by Crippen LogP contribution is -3.00. The summed E-state index contributed by atoms with van der Waals surface area (Å²) in [5.74, 6) is 6.14. The van der Waals surface area contributed by atoms with Crippen LogP contribution in [0.3, 0.4) is 0 Å². The highest BCUT2D eigenvalue weighted by molar-refractivity contribution is 5.69. The Morgan fingerprint density at radius 1 is 0.269 bits per heavy atom. The van der Waals surface area contributed by atoms with Crippen molar-refractivity contribution in [1.82, 2.24) is 18.3 Å². The van der Waals surface area contributed by atoms with Crippen LogP contribution in [0.5, 0.6) is 46.0 Å². The summed E-state index contributed by atoms with van der Waals surface area (Å²) >= 11 is 0. The number of aromatic nitrogens is 8. The molecule has 4 aliphatic heterocycles. The van der Waals surface area contributed by atoms with Crippen molar-refractivity contribution in [2.45, 2.75) is 286 Å². The highest BCUT2D eigenvalue weighted by Gasteiger charge is 2.43. The number of rotatable bonds is 36. The minimum absolute atomic E-state index is 0. The Bertz CT molecular complexity index is 3420. The van der Waals surface area contributed by atoms with Gasteiger partial charge in [0.25, 0.3) is 0 Å². The smallest absolute Gasteiger partial charge is 0.244 e. The van der Waals surface area contributed by atoms with E-state index in [9.17, 15) is 0 Å². The monoisotopic (exact) mass is 1680 g/mol. The Balaban J connectivity index is 0.00000314. The summed E-state index contributed by atoms with van der Waals surface area (Å²) in [5.41, 5.74) is 13.6. The molecular formula is C84H116Br4N8O8. The highest BCUT2D eigenvalue weighted by atomic mass is 79.9. The van der Waals surface area contributed by atoms with Gasteiger partial charge in [-0.05, 0) is 75.6 Å². The second-order valence-electron chi connectivity index (χ2n) is 29.3. The first kappa shape index (κ1) is 82.1. The lowest BCUT2D eigenvalue weighted by molar-refractivity contribution is -0.688. The molecule has 0 atom stereocenters. The quantitative estimate of drug-likeness (QED) is 0.0373. The Morgan fingerprint density at radius 2 is 0.452 bits per heavy atom. The zero-order valence-corrected chi connectivity index (χ0v) is 69.7. The lowest BCUT2D eigenvalue weighted by atomic mass is 9.74. The topological polar surface area (TPSA) is 109 Å². The number of imidazole rings is 4. The van der Waals surface area contributed by atoms with Gasteiger partial charge in [-0.1, -0.05) is 158 Å². The number of halogens is 4. The maximum atomic E-state index is 7.47. The number of hydrogen-bond donors (Lipinski definition) is 0. The zero-order chi connectivity index (χ0) is 68.9. The van der Waals surface area contributed by atoms with Crippen molar-refractivity contribution >= 4 is 0 Å². The fourth-order valence-corrected chi connectivity index (χ4v) is 16.7. The van der Waals surface area contributed by atoms with Crippen LogP contribution in [0.4, 0.5) is 0 Å². The molecule has 8 aromatic rings. The van der Waals surface area contributed by atoms with Crippen LogP contribution in [0.2, 0.25) is 0 Å². The van der Waals surface area contributed by atoms with Crippen molar-refractivity contribution in [3.05, 3.63) is 166 Å². The maximum Gasteiger partial charge on any atom is 0.244 e. The summed E-state index contributed by atoms with van der Waals surface area (Å²) in [7, 11) is 0. The highest BCUT2D eigenvalue weighted by Crippen LogP contribution is 2.59. The minimum Gasteiger partial charge on any atom is -1.00 e. The molecule has 0 radical (unpaired) electrons. The molecular weight excluding hydrogens is 1570 g/mol. The molecule has 0 N–H and O–H groups in total. The third-order valence-electron chi connectivity index (χ3n) is 22.0. The number of ether oxygens (including phenoxy) is 8. The fourth-order valence-electron chi connectivity index (χ4n) is 16.7. The van der Waals surface area contributed by atoms with Crippen LogP contribution in [0.25, 0.3) is 0 Å². The molecule has 0 unspecified atom stereocenters. The Labute approximate surface area is 662 Å². The van der Waals surface area contributed by atoms with E-state index in [0.29, 0.717) is 26.2 Å². The molecule has 0 fully saturated rings. The average Bonchev–Trinajstić information content (AvgIpc) is 1.01. The van der Waals surface area contributed by atoms with Crippen LogP contribution in [0.1, 0.15) is 300 Å². The first-order valence-corrected chi connectivity index (χ1v) is 39.3. The summed E-state index contributed by atoms with van der Waals surface area (Å²) in [6.07, 6.45) is 52.1. The van der Waals surface area contributed by atoms with E-state index in [1.807, 2.05) is 0 Å². The third kappa shape index (κ3) is 18.2. The van der Waals surface area contributed by atoms with Crippen molar-refractivity contribution in [2.24, 2.45) is 0 Å². The van der Waals surface area contributed by atoms with Gasteiger partial charge in [0.1, 0.15) is 122 Å². The summed E-state index contributed by atoms with van der Waals surface area (Å²) in [5, 5.41) is 0. The van der Waals surface area contributed by atoms with Crippen LogP contribution in [-0.2, 0) is 52.4 Å². The van der Waals surface area contributed by atoms with E-state index in [0.717, 1.165) is 249 Å². The second kappa shape index (κ2) is 39.8. The number of hydrogen-bond acceptors (Lipinski definition) is 8. The van der Waals surface area contributed by atoms with E-state index in [1.165, 1.54) is 44.5 Å². The molecule has 104 heavy (non-hydrogen) atoms. The van der Waals surface area contributed by atoms with E-state index in [4.69, 9.17) is 37.9 Å². The largest absolute Gasteiger partial charge is 1.00 e. The van der Waals surface area contributed by atoms with E-state index in [1.54, 1.807) is 0 Å². The Morgan fingerprint density at radius 3 is 0.625 bits per heavy atom. The molecule has 20 heteroatoms. The molecule has 8 heterocycles. The molecule has 1 aliphatic carbocycles. The SMILES string of the molecule is CCCCCC1c2cc3c4c(C[n+]5ccn(CCCC)c5)c2OCOc2c1cc1c(c2C[n+]2ccn(CCCC)c2)OCOc2c(cc5c(c2C[n+]2ccn(CCCC)c2)OCOc2c(cc(c(c2C[n+]2ccn(CCCC)c2)OCO4)C3CCCCC)C5CCCCC)C1CCCCC.[Br-].[Br-].[Br-].[Br-]. The van der Waals surface area contributed by atoms with Crippen molar-refractivity contribution in [3.63, 3.8) is 0 Å². The first-order chi connectivity index (χ1) is 49.3. The maximum absolute atomic E-state index is 7.47. The predicted octanol–water partition coefficient (Wildman–Crippen LogP) is 5.53. The predicted molar refractivity (Wildman–Crippen MR) is 389 cm³/mol. The van der Waals surface area contributed by atoms with Crippen LogP contribution in [0, 0.1) is 0 Å². The van der Waals surface area contributed by atoms with Crippen molar-refractivity contribution in [2.75, 3.05) is 27.2 Å². The standard InChI is InChI=1S/C84H116N8O8.4BrH/c1-9-17-25-29-61-65-45-67-62(30-26-18-10-2)69-47-71-64(32-28-20-12-4)72-48-70-63(31-27-19-11-3)68-46-66(61)78-74(50-90-42-38-86(54-90)34-22-14-6)80(68)96-59-98-82(70)76(52-92-44-40-88(56-92)36-24-16-8)84(72)100-60-99-83(71)75(51-91-43-39-87(55-91)35-23-15-7)81(69)97-58-95-79(67)73(77(65)93-57-94-78)49-89-41-37-85(53-89)33-21-13-5;;;;/h37-48,53-56,61-64H,9-36,49-52,57-60H2,1-8H3;4*1H/q+4;;;;/p-4. The number of benzene rings is 4. The van der Waals surface area contributed by atoms with Gasteiger partial charge in [-0.25, -0.2) is 36.5 Å². The molecule has 8 bridgehead atoms. The van der Waals surface area contributed by atoms with Gasteiger partial charge in [0.2, 0.25) is 52.5 Å². The van der Waals surface area contributed by atoms with Crippen molar-refractivity contribution in [3.8, 4) is 46.0 Å². The first-order valence-electron chi connectivity index (χ1n) is 39.3. The molecule has 0 amide bonds. The van der Waals surface area contributed by atoms with E-state index >= 15 is 0 Å². The number of unbranched alkanes of at least 4 members (excludes halogenated alkanes) is 12. The van der Waals surface area contributed by atoms with Gasteiger partial charge < -0.3 is 106 Å². The van der Waals surface area contributed by atoms with E-state index < -0.39 is 0 Å². The van der Waals surface area contributed by atoms with Crippen LogP contribution < -0.4 is 124 Å². The Hall–Kier alpha value is -5.96. The van der Waals surface area contributed by atoms with Gasteiger partial charge in [0.15, 0.2) is 0 Å². The van der Waals surface area contributed by atoms with Crippen LogP contribution in [-0.4, -0.2) is 45.4 Å². The summed E-state index contributed by atoms with van der Waals surface area (Å²) in [4.78, 5) is 0. The molecule has 4 aromatic carbocycles. The summed E-state index contributed by atoms with van der Waals surface area (Å²) < 4.78 is 78.4. The molecule has 4 aromatic heterocycles. The number of aryl methyl sites for hydroxylation is 4. The molecule has 0 saturated carbocycles. The van der Waals surface area contributed by atoms with Gasteiger partial charge in [-0.2, -0.15) is 0 Å². The van der Waals surface area contributed by atoms with Crippen molar-refractivity contribution < 1.29 is 124 Å². The summed E-state index contributed by atoms with van der Waals surface area (Å²) in [6.45, 7) is 24.2. The van der Waals surface area contributed by atoms with Gasteiger partial charge in [-0.3, -0.25) is 0 Å². The molecule has 568 valence electrons. The molecule has 16 nitrogen and oxygen atoms in total. The van der Waals surface area contributed by atoms with Crippen LogP contribution >= 0.6 is 0 Å².